The van der Waals surface area contributed by atoms with Crippen molar-refractivity contribution in [2.24, 2.45) is 0 Å². The molecule has 2 unspecified atom stereocenters. The van der Waals surface area contributed by atoms with Crippen molar-refractivity contribution in [3.05, 3.63) is 11.6 Å². The monoisotopic (exact) mass is 251 g/mol. The third kappa shape index (κ3) is 1.92. The summed E-state index contributed by atoms with van der Waals surface area (Å²) in [5, 5.41) is 3.11. The number of hydrogen-bond donors (Lipinski definition) is 0. The third-order valence-corrected chi connectivity index (χ3v) is 4.67. The fourth-order valence-electron chi connectivity index (χ4n) is 3.13. The van der Waals surface area contributed by atoms with E-state index in [0.717, 1.165) is 31.1 Å². The molecule has 2 bridgehead atoms. The van der Waals surface area contributed by atoms with Crippen LogP contribution in [0.25, 0.3) is 0 Å². The van der Waals surface area contributed by atoms with E-state index >= 15 is 0 Å². The largest absolute Gasteiger partial charge is 0.346 e. The van der Waals surface area contributed by atoms with Crippen molar-refractivity contribution in [2.45, 2.75) is 38.3 Å². The highest BCUT2D eigenvalue weighted by Gasteiger charge is 2.38. The maximum absolute atomic E-state index is 11.7. The number of aromatic nitrogens is 1. The summed E-state index contributed by atoms with van der Waals surface area (Å²) in [6.45, 7) is 3.67. The molecule has 1 amide bonds. The SMILES string of the molecule is CC(=O)N1C2CCC1CN(c1nccs1)CC2. The van der Waals surface area contributed by atoms with Crippen molar-refractivity contribution in [1.29, 1.82) is 0 Å². The molecule has 2 aliphatic heterocycles. The third-order valence-electron chi connectivity index (χ3n) is 3.84. The molecular formula is C12H17N3OS. The van der Waals surface area contributed by atoms with E-state index in [4.69, 9.17) is 0 Å². The van der Waals surface area contributed by atoms with Crippen LogP contribution in [0.4, 0.5) is 5.13 Å². The molecule has 5 heteroatoms. The topological polar surface area (TPSA) is 36.4 Å². The maximum Gasteiger partial charge on any atom is 0.220 e. The first-order valence-electron chi connectivity index (χ1n) is 6.19. The molecule has 0 spiro atoms. The number of thiazole rings is 1. The fraction of sp³-hybridized carbons (Fsp3) is 0.667. The molecule has 17 heavy (non-hydrogen) atoms. The minimum absolute atomic E-state index is 0.235. The molecular weight excluding hydrogens is 234 g/mol. The van der Waals surface area contributed by atoms with Crippen LogP contribution in [0.15, 0.2) is 11.6 Å². The van der Waals surface area contributed by atoms with Gasteiger partial charge >= 0.3 is 0 Å². The molecule has 2 atom stereocenters. The second-order valence-electron chi connectivity index (χ2n) is 4.86. The molecule has 1 aromatic rings. The molecule has 1 aromatic heterocycles. The number of fused-ring (bicyclic) bond motifs is 2. The molecule has 0 saturated carbocycles. The summed E-state index contributed by atoms with van der Waals surface area (Å²) < 4.78 is 0. The number of hydrogen-bond acceptors (Lipinski definition) is 4. The number of amides is 1. The lowest BCUT2D eigenvalue weighted by Crippen LogP contribution is -2.41. The van der Waals surface area contributed by atoms with Crippen molar-refractivity contribution >= 4 is 22.4 Å². The van der Waals surface area contributed by atoms with Crippen molar-refractivity contribution in [2.75, 3.05) is 18.0 Å². The highest BCUT2D eigenvalue weighted by atomic mass is 32.1. The van der Waals surface area contributed by atoms with Crippen molar-refractivity contribution < 1.29 is 4.79 Å². The van der Waals surface area contributed by atoms with Gasteiger partial charge in [-0.15, -0.1) is 11.3 Å². The minimum atomic E-state index is 0.235. The van der Waals surface area contributed by atoms with E-state index in [9.17, 15) is 4.79 Å². The van der Waals surface area contributed by atoms with Crippen LogP contribution in [0, 0.1) is 0 Å². The molecule has 4 nitrogen and oxygen atoms in total. The zero-order valence-electron chi connectivity index (χ0n) is 10.0. The van der Waals surface area contributed by atoms with Crippen LogP contribution >= 0.6 is 11.3 Å². The highest BCUT2D eigenvalue weighted by Crippen LogP contribution is 2.32. The van der Waals surface area contributed by atoms with E-state index in [1.54, 1.807) is 18.3 Å². The van der Waals surface area contributed by atoms with Gasteiger partial charge in [0.25, 0.3) is 0 Å². The first-order chi connectivity index (χ1) is 8.25. The Morgan fingerprint density at radius 2 is 2.24 bits per heavy atom. The van der Waals surface area contributed by atoms with Crippen LogP contribution in [0.5, 0.6) is 0 Å². The van der Waals surface area contributed by atoms with Crippen LogP contribution in [0.2, 0.25) is 0 Å². The van der Waals surface area contributed by atoms with E-state index in [2.05, 4.69) is 14.8 Å². The number of nitrogens with zero attached hydrogens (tertiary/aromatic N) is 3. The van der Waals surface area contributed by atoms with E-state index in [-0.39, 0.29) is 5.91 Å². The average Bonchev–Trinajstić information content (AvgIpc) is 2.86. The predicted octanol–water partition coefficient (Wildman–Crippen LogP) is 1.73. The molecule has 3 heterocycles. The molecule has 92 valence electrons. The molecule has 0 aromatic carbocycles. The second kappa shape index (κ2) is 4.29. The Morgan fingerprint density at radius 3 is 2.94 bits per heavy atom. The van der Waals surface area contributed by atoms with Gasteiger partial charge in [0.2, 0.25) is 5.91 Å². The van der Waals surface area contributed by atoms with Crippen molar-refractivity contribution in [1.82, 2.24) is 9.88 Å². The standard InChI is InChI=1S/C12H17N3OS/c1-9(16)15-10-2-3-11(15)8-14(6-4-10)12-13-5-7-17-12/h5,7,10-11H,2-4,6,8H2,1H3. The zero-order valence-corrected chi connectivity index (χ0v) is 10.8. The van der Waals surface area contributed by atoms with Gasteiger partial charge in [0.05, 0.1) is 0 Å². The second-order valence-corrected chi connectivity index (χ2v) is 5.73. The van der Waals surface area contributed by atoms with Gasteiger partial charge in [0.15, 0.2) is 5.13 Å². The number of carbonyl (C=O) groups excluding carboxylic acids is 1. The summed E-state index contributed by atoms with van der Waals surface area (Å²) >= 11 is 1.69. The Hall–Kier alpha value is -1.10. The number of rotatable bonds is 1. The van der Waals surface area contributed by atoms with Gasteiger partial charge in [-0.25, -0.2) is 4.98 Å². The van der Waals surface area contributed by atoms with E-state index in [1.165, 1.54) is 6.42 Å². The fourth-order valence-corrected chi connectivity index (χ4v) is 3.81. The van der Waals surface area contributed by atoms with Gasteiger partial charge in [0.1, 0.15) is 0 Å². The Bertz CT molecular complexity index is 406. The van der Waals surface area contributed by atoms with Crippen LogP contribution < -0.4 is 4.90 Å². The Kier molecular flexibility index (Phi) is 2.78. The van der Waals surface area contributed by atoms with Gasteiger partial charge < -0.3 is 9.80 Å². The van der Waals surface area contributed by atoms with Crippen LogP contribution in [0.1, 0.15) is 26.2 Å². The number of carbonyl (C=O) groups is 1. The molecule has 2 fully saturated rings. The van der Waals surface area contributed by atoms with E-state index < -0.39 is 0 Å². The molecule has 0 aliphatic carbocycles. The van der Waals surface area contributed by atoms with Crippen molar-refractivity contribution in [3.8, 4) is 0 Å². The minimum Gasteiger partial charge on any atom is -0.346 e. The van der Waals surface area contributed by atoms with Gasteiger partial charge in [-0.1, -0.05) is 0 Å². The molecule has 2 aliphatic rings. The highest BCUT2D eigenvalue weighted by molar-refractivity contribution is 7.13. The summed E-state index contributed by atoms with van der Waals surface area (Å²) in [4.78, 5) is 20.5. The first kappa shape index (κ1) is 11.0. The first-order valence-corrected chi connectivity index (χ1v) is 7.07. The van der Waals surface area contributed by atoms with E-state index in [0.29, 0.717) is 12.1 Å². The lowest BCUT2D eigenvalue weighted by Gasteiger charge is -2.27. The molecule has 3 rings (SSSR count). The molecule has 0 radical (unpaired) electrons. The summed E-state index contributed by atoms with van der Waals surface area (Å²) in [7, 11) is 0. The number of anilines is 1. The summed E-state index contributed by atoms with van der Waals surface area (Å²) in [5.74, 6) is 0.235. The van der Waals surface area contributed by atoms with Gasteiger partial charge in [0, 0.05) is 43.7 Å². The quantitative estimate of drug-likeness (QED) is 0.762. The lowest BCUT2D eigenvalue weighted by atomic mass is 10.1. The van der Waals surface area contributed by atoms with Crippen LogP contribution in [0.3, 0.4) is 0 Å². The Labute approximate surface area is 105 Å². The van der Waals surface area contributed by atoms with Gasteiger partial charge in [-0.05, 0) is 19.3 Å². The van der Waals surface area contributed by atoms with Crippen molar-refractivity contribution in [3.63, 3.8) is 0 Å². The Morgan fingerprint density at radius 1 is 1.41 bits per heavy atom. The smallest absolute Gasteiger partial charge is 0.220 e. The van der Waals surface area contributed by atoms with Crippen LogP contribution in [-0.2, 0) is 4.79 Å². The lowest BCUT2D eigenvalue weighted by molar-refractivity contribution is -0.131. The van der Waals surface area contributed by atoms with Gasteiger partial charge in [-0.2, -0.15) is 0 Å². The van der Waals surface area contributed by atoms with Crippen LogP contribution in [-0.4, -0.2) is 41.0 Å². The summed E-state index contributed by atoms with van der Waals surface area (Å²) in [6, 6.07) is 0.853. The maximum atomic E-state index is 11.7. The normalized spacial score (nSPS) is 28.3. The Balaban J connectivity index is 1.81. The van der Waals surface area contributed by atoms with E-state index in [1.807, 2.05) is 11.6 Å². The average molecular weight is 251 g/mol. The summed E-state index contributed by atoms with van der Waals surface area (Å²) in [5.41, 5.74) is 0. The molecule has 2 saturated heterocycles. The van der Waals surface area contributed by atoms with Gasteiger partial charge in [-0.3, -0.25) is 4.79 Å². The zero-order chi connectivity index (χ0) is 11.8. The molecule has 0 N–H and O–H groups in total. The summed E-state index contributed by atoms with van der Waals surface area (Å²) in [6.07, 6.45) is 5.25. The predicted molar refractivity (Wildman–Crippen MR) is 68.3 cm³/mol.